The zero-order valence-electron chi connectivity index (χ0n) is 15.7. The lowest BCUT2D eigenvalue weighted by atomic mass is 10.2. The molecule has 156 valence electrons. The van der Waals surface area contributed by atoms with E-state index in [1.807, 2.05) is 0 Å². The Bertz CT molecular complexity index is 1040. The number of amides is 3. The second kappa shape index (κ2) is 9.97. The van der Waals surface area contributed by atoms with Crippen molar-refractivity contribution in [2.24, 2.45) is 0 Å². The number of halogens is 3. The number of aromatic nitrogens is 2. The molecule has 0 saturated carbocycles. The van der Waals surface area contributed by atoms with Gasteiger partial charge >= 0.3 is 6.03 Å². The molecule has 0 bridgehead atoms. The number of rotatable bonds is 7. The highest BCUT2D eigenvalue weighted by molar-refractivity contribution is 9.10. The van der Waals surface area contributed by atoms with E-state index in [-0.39, 0.29) is 31.2 Å². The number of nitrogens with zero attached hydrogens (tertiary/aromatic N) is 2. The zero-order chi connectivity index (χ0) is 21.5. The fourth-order valence-corrected chi connectivity index (χ4v) is 2.81. The van der Waals surface area contributed by atoms with Gasteiger partial charge in [-0.05, 0) is 36.4 Å². The topological polar surface area (TPSA) is 88.1 Å². The number of hydrogen-bond donors (Lipinski definition) is 3. The third kappa shape index (κ3) is 5.86. The van der Waals surface area contributed by atoms with E-state index in [2.05, 4.69) is 37.0 Å². The van der Waals surface area contributed by atoms with Crippen molar-refractivity contribution in [2.45, 2.75) is 6.54 Å². The highest BCUT2D eigenvalue weighted by Crippen LogP contribution is 2.14. The van der Waals surface area contributed by atoms with E-state index in [1.165, 1.54) is 23.1 Å². The Morgan fingerprint density at radius 2 is 1.73 bits per heavy atom. The predicted molar refractivity (Wildman–Crippen MR) is 110 cm³/mol. The summed E-state index contributed by atoms with van der Waals surface area (Å²) >= 11 is 3.30. The fourth-order valence-electron chi connectivity index (χ4n) is 2.55. The van der Waals surface area contributed by atoms with Crippen molar-refractivity contribution in [3.05, 3.63) is 82.1 Å². The van der Waals surface area contributed by atoms with Crippen LogP contribution < -0.4 is 16.0 Å². The number of carbonyl (C=O) groups excluding carboxylic acids is 2. The van der Waals surface area contributed by atoms with E-state index in [0.29, 0.717) is 11.1 Å². The van der Waals surface area contributed by atoms with Crippen LogP contribution in [0.3, 0.4) is 0 Å². The van der Waals surface area contributed by atoms with E-state index < -0.39 is 17.7 Å². The second-order valence-corrected chi connectivity index (χ2v) is 7.18. The van der Waals surface area contributed by atoms with Crippen LogP contribution in [0, 0.1) is 11.6 Å². The molecule has 0 saturated heterocycles. The molecule has 7 nitrogen and oxygen atoms in total. The van der Waals surface area contributed by atoms with Gasteiger partial charge in [0.15, 0.2) is 5.82 Å². The number of carbonyl (C=O) groups is 2. The van der Waals surface area contributed by atoms with Crippen LogP contribution in [-0.2, 0) is 6.54 Å². The molecule has 0 aliphatic carbocycles. The van der Waals surface area contributed by atoms with E-state index in [0.717, 1.165) is 16.6 Å². The van der Waals surface area contributed by atoms with E-state index in [9.17, 15) is 18.4 Å². The summed E-state index contributed by atoms with van der Waals surface area (Å²) in [5.41, 5.74) is 1.27. The fraction of sp³-hybridized carbons (Fsp3) is 0.150. The molecule has 0 fully saturated rings. The third-order valence-corrected chi connectivity index (χ3v) is 4.58. The minimum absolute atomic E-state index is 0.105. The van der Waals surface area contributed by atoms with Crippen molar-refractivity contribution in [3.8, 4) is 5.69 Å². The highest BCUT2D eigenvalue weighted by atomic mass is 79.9. The van der Waals surface area contributed by atoms with Crippen LogP contribution in [0.1, 0.15) is 15.9 Å². The Morgan fingerprint density at radius 3 is 2.47 bits per heavy atom. The molecule has 3 N–H and O–H groups in total. The van der Waals surface area contributed by atoms with E-state index in [4.69, 9.17) is 0 Å². The third-order valence-electron chi connectivity index (χ3n) is 4.05. The molecule has 30 heavy (non-hydrogen) atoms. The Kier molecular flexibility index (Phi) is 7.12. The lowest BCUT2D eigenvalue weighted by Gasteiger charge is -2.08. The van der Waals surface area contributed by atoms with Gasteiger partial charge in [-0.3, -0.25) is 4.79 Å². The molecule has 3 aromatic rings. The molecule has 0 aliphatic rings. The first-order valence-electron chi connectivity index (χ1n) is 8.97. The number of benzene rings is 2. The van der Waals surface area contributed by atoms with Crippen LogP contribution in [0.5, 0.6) is 0 Å². The van der Waals surface area contributed by atoms with Crippen LogP contribution in [0.2, 0.25) is 0 Å². The Balaban J connectivity index is 1.39. The summed E-state index contributed by atoms with van der Waals surface area (Å²) in [5.74, 6) is -1.64. The number of urea groups is 1. The van der Waals surface area contributed by atoms with Gasteiger partial charge in [0.2, 0.25) is 0 Å². The SMILES string of the molecule is O=C(NCCNC(=O)c1ccc(Br)cc1)NCc1cnn(-c2ccc(F)cc2F)c1. The number of nitrogens with one attached hydrogen (secondary N) is 3. The smallest absolute Gasteiger partial charge is 0.315 e. The van der Waals surface area contributed by atoms with Gasteiger partial charge in [0.1, 0.15) is 11.5 Å². The van der Waals surface area contributed by atoms with Gasteiger partial charge in [-0.15, -0.1) is 0 Å². The zero-order valence-corrected chi connectivity index (χ0v) is 17.2. The molecular formula is C20H18BrF2N5O2. The maximum Gasteiger partial charge on any atom is 0.315 e. The lowest BCUT2D eigenvalue weighted by molar-refractivity contribution is 0.0954. The van der Waals surface area contributed by atoms with Gasteiger partial charge in [-0.1, -0.05) is 15.9 Å². The average molecular weight is 478 g/mol. The number of hydrogen-bond acceptors (Lipinski definition) is 3. The van der Waals surface area contributed by atoms with Crippen molar-refractivity contribution < 1.29 is 18.4 Å². The predicted octanol–water partition coefficient (Wildman–Crippen LogP) is 3.14. The van der Waals surface area contributed by atoms with Gasteiger partial charge in [-0.2, -0.15) is 5.10 Å². The second-order valence-electron chi connectivity index (χ2n) is 6.26. The van der Waals surface area contributed by atoms with Gasteiger partial charge in [0.05, 0.1) is 6.20 Å². The van der Waals surface area contributed by atoms with Crippen molar-refractivity contribution in [3.63, 3.8) is 0 Å². The first-order chi connectivity index (χ1) is 14.4. The highest BCUT2D eigenvalue weighted by Gasteiger charge is 2.09. The Labute approximate surface area is 179 Å². The molecule has 0 aliphatic heterocycles. The first-order valence-corrected chi connectivity index (χ1v) is 9.76. The summed E-state index contributed by atoms with van der Waals surface area (Å²) in [6.45, 7) is 0.679. The minimum Gasteiger partial charge on any atom is -0.350 e. The average Bonchev–Trinajstić information content (AvgIpc) is 3.18. The standard InChI is InChI=1S/C20H18BrF2N5O2/c21-15-3-1-14(2-4-15)19(29)24-7-8-25-20(30)26-10-13-11-27-28(12-13)18-6-5-16(22)9-17(18)23/h1-6,9,11-12H,7-8,10H2,(H,24,29)(H2,25,26,30). The monoisotopic (exact) mass is 477 g/mol. The van der Waals surface area contributed by atoms with Gasteiger partial charge < -0.3 is 16.0 Å². The summed E-state index contributed by atoms with van der Waals surface area (Å²) < 4.78 is 28.9. The molecular weight excluding hydrogens is 460 g/mol. The molecule has 0 unspecified atom stereocenters. The van der Waals surface area contributed by atoms with Crippen molar-refractivity contribution in [1.29, 1.82) is 0 Å². The van der Waals surface area contributed by atoms with E-state index >= 15 is 0 Å². The lowest BCUT2D eigenvalue weighted by Crippen LogP contribution is -2.40. The van der Waals surface area contributed by atoms with Crippen LogP contribution in [0.15, 0.2) is 59.3 Å². The molecule has 0 radical (unpaired) electrons. The molecule has 0 atom stereocenters. The molecule has 3 rings (SSSR count). The van der Waals surface area contributed by atoms with Crippen molar-refractivity contribution in [1.82, 2.24) is 25.7 Å². The van der Waals surface area contributed by atoms with Gasteiger partial charge in [-0.25, -0.2) is 18.3 Å². The summed E-state index contributed by atoms with van der Waals surface area (Å²) in [6, 6.07) is 9.70. The molecule has 10 heteroatoms. The molecule has 0 spiro atoms. The van der Waals surface area contributed by atoms with Crippen molar-refractivity contribution in [2.75, 3.05) is 13.1 Å². The largest absolute Gasteiger partial charge is 0.350 e. The molecule has 2 aromatic carbocycles. The molecule has 1 aromatic heterocycles. The van der Waals surface area contributed by atoms with Crippen LogP contribution >= 0.6 is 15.9 Å². The van der Waals surface area contributed by atoms with Crippen molar-refractivity contribution >= 4 is 27.9 Å². The van der Waals surface area contributed by atoms with E-state index in [1.54, 1.807) is 24.3 Å². The Hall–Kier alpha value is -3.27. The summed E-state index contributed by atoms with van der Waals surface area (Å²) in [4.78, 5) is 23.8. The summed E-state index contributed by atoms with van der Waals surface area (Å²) in [6.07, 6.45) is 3.01. The van der Waals surface area contributed by atoms with Crippen LogP contribution in [-0.4, -0.2) is 34.8 Å². The summed E-state index contributed by atoms with van der Waals surface area (Å²) in [5, 5.41) is 12.0. The van der Waals surface area contributed by atoms with Gasteiger partial charge in [0.25, 0.3) is 5.91 Å². The maximum atomic E-state index is 13.8. The Morgan fingerprint density at radius 1 is 1.00 bits per heavy atom. The molecule has 1 heterocycles. The summed E-state index contributed by atoms with van der Waals surface area (Å²) in [7, 11) is 0. The first kappa shape index (κ1) is 21.4. The molecule has 3 amide bonds. The quantitative estimate of drug-likeness (QED) is 0.456. The van der Waals surface area contributed by atoms with Gasteiger partial charge in [0, 0.05) is 47.5 Å². The minimum atomic E-state index is -0.736. The maximum absolute atomic E-state index is 13.8. The van der Waals surface area contributed by atoms with Crippen LogP contribution in [0.4, 0.5) is 13.6 Å². The van der Waals surface area contributed by atoms with Crippen LogP contribution in [0.25, 0.3) is 5.69 Å². The normalized spacial score (nSPS) is 10.5.